The first kappa shape index (κ1) is 24.5. The molecule has 1 aromatic carbocycles. The molecule has 0 spiro atoms. The number of para-hydroxylation sites is 1. The zero-order chi connectivity index (χ0) is 25.2. The average Bonchev–Trinajstić information content (AvgIpc) is 3.37. The number of methoxy groups -OCH3 is 1. The molecule has 6 rings (SSSR count). The zero-order valence-corrected chi connectivity index (χ0v) is 21.8. The van der Waals surface area contributed by atoms with Gasteiger partial charge in [0.15, 0.2) is 0 Å². The van der Waals surface area contributed by atoms with Gasteiger partial charge in [-0.15, -0.1) is 11.3 Å². The number of nitrogens with zero attached hydrogens (tertiary/aromatic N) is 4. The molecule has 3 saturated heterocycles. The summed E-state index contributed by atoms with van der Waals surface area (Å²) in [5.74, 6) is 1.33. The fraction of sp³-hybridized carbons (Fsp3) is 0.500. The second kappa shape index (κ2) is 10.9. The van der Waals surface area contributed by atoms with Crippen LogP contribution in [0, 0.1) is 0 Å². The number of nitrogens with one attached hydrogen (secondary N) is 4. The Balaban J connectivity index is 1.17. The molecular formula is C26H34N8O2S. The van der Waals surface area contributed by atoms with Gasteiger partial charge in [0, 0.05) is 38.8 Å². The quantitative estimate of drug-likeness (QED) is 0.381. The van der Waals surface area contributed by atoms with Gasteiger partial charge in [0.25, 0.3) is 0 Å². The number of pyridine rings is 1. The van der Waals surface area contributed by atoms with Crippen LogP contribution in [0.2, 0.25) is 0 Å². The number of piperazine rings is 1. The van der Waals surface area contributed by atoms with E-state index in [4.69, 9.17) is 9.72 Å². The summed E-state index contributed by atoms with van der Waals surface area (Å²) < 4.78 is 6.34. The van der Waals surface area contributed by atoms with Gasteiger partial charge in [0.1, 0.15) is 28.8 Å². The number of hydrogen-bond acceptors (Lipinski definition) is 10. The molecule has 3 fully saturated rings. The molecule has 0 radical (unpaired) electrons. The lowest BCUT2D eigenvalue weighted by atomic mass is 10.00. The maximum Gasteiger partial charge on any atom is 0.235 e. The minimum Gasteiger partial charge on any atom is -0.495 e. The normalized spacial score (nSPS) is 27.3. The Morgan fingerprint density at radius 2 is 2.00 bits per heavy atom. The molecule has 0 aliphatic carbocycles. The number of carbonyl (C=O) groups excluding carboxylic acids is 1. The van der Waals surface area contributed by atoms with Gasteiger partial charge < -0.3 is 20.3 Å². The summed E-state index contributed by atoms with van der Waals surface area (Å²) in [4.78, 5) is 27.6. The number of rotatable bonds is 6. The molecule has 2 aromatic heterocycles. The average molecular weight is 523 g/mol. The molecule has 3 aliphatic rings. The van der Waals surface area contributed by atoms with Gasteiger partial charge in [-0.3, -0.25) is 20.3 Å². The number of fused-ring (bicyclic) bond motifs is 1. The number of aromatic nitrogens is 2. The smallest absolute Gasteiger partial charge is 0.235 e. The number of carbonyl (C=O) groups is 1. The number of hydrogen-bond donors (Lipinski definition) is 4. The maximum absolute atomic E-state index is 13.6. The first-order valence-electron chi connectivity index (χ1n) is 13.1. The number of ether oxygens (including phenoxy) is 1. The third-order valence-electron chi connectivity index (χ3n) is 7.48. The summed E-state index contributed by atoms with van der Waals surface area (Å²) >= 11 is 1.61. The monoisotopic (exact) mass is 522 g/mol. The van der Waals surface area contributed by atoms with Crippen molar-refractivity contribution in [2.75, 3.05) is 51.3 Å². The molecule has 0 saturated carbocycles. The summed E-state index contributed by atoms with van der Waals surface area (Å²) in [5, 5.41) is 15.1. The minimum atomic E-state index is -0.389. The highest BCUT2D eigenvalue weighted by atomic mass is 32.1. The van der Waals surface area contributed by atoms with Gasteiger partial charge >= 0.3 is 0 Å². The van der Waals surface area contributed by atoms with Crippen molar-refractivity contribution in [3.8, 4) is 5.75 Å². The van der Waals surface area contributed by atoms with Crippen molar-refractivity contribution in [1.82, 2.24) is 36.1 Å². The van der Waals surface area contributed by atoms with Crippen LogP contribution < -0.4 is 30.9 Å². The molecule has 0 bridgehead atoms. The zero-order valence-electron chi connectivity index (χ0n) is 21.0. The summed E-state index contributed by atoms with van der Waals surface area (Å²) in [7, 11) is 1.65. The van der Waals surface area contributed by atoms with Crippen LogP contribution in [0.25, 0.3) is 10.2 Å². The van der Waals surface area contributed by atoms with Gasteiger partial charge in [-0.05, 0) is 43.7 Å². The Morgan fingerprint density at radius 1 is 1.14 bits per heavy atom. The number of amides is 1. The van der Waals surface area contributed by atoms with Crippen molar-refractivity contribution in [3.05, 3.63) is 47.6 Å². The van der Waals surface area contributed by atoms with Crippen molar-refractivity contribution in [3.63, 3.8) is 0 Å². The van der Waals surface area contributed by atoms with Crippen LogP contribution in [0.4, 0.5) is 5.82 Å². The van der Waals surface area contributed by atoms with E-state index in [1.54, 1.807) is 24.6 Å². The Labute approximate surface area is 220 Å². The number of thiazole rings is 1. The highest BCUT2D eigenvalue weighted by molar-refractivity contribution is 7.18. The second-order valence-corrected chi connectivity index (χ2v) is 10.9. The first-order valence-corrected chi connectivity index (χ1v) is 13.9. The van der Waals surface area contributed by atoms with Gasteiger partial charge in [-0.25, -0.2) is 9.97 Å². The molecule has 4 N–H and O–H groups in total. The number of benzene rings is 1. The lowest BCUT2D eigenvalue weighted by Gasteiger charge is -2.46. The standard InChI is InChI=1S/C26H34N8O2S/c1-36-18-8-9-21(28-16-18)33-11-13-34(14-12-33)26-31-23(29-17-5-4-10-27-15-17)22(24(35)32-26)25-30-19-6-2-3-7-20(19)37-25/h2-3,6-9,16-17,22-23,26-27,29,31H,4-5,10-15H2,1H3,(H,32,35)/t17-,22?,23?,26?/m1/s1. The van der Waals surface area contributed by atoms with Crippen molar-refractivity contribution in [1.29, 1.82) is 0 Å². The van der Waals surface area contributed by atoms with Gasteiger partial charge in [0.2, 0.25) is 5.91 Å². The Hall–Kier alpha value is -2.83. The largest absolute Gasteiger partial charge is 0.495 e. The van der Waals surface area contributed by atoms with Gasteiger partial charge in [-0.2, -0.15) is 0 Å². The number of anilines is 1. The summed E-state index contributed by atoms with van der Waals surface area (Å²) in [6, 6.07) is 12.3. The third-order valence-corrected chi connectivity index (χ3v) is 8.60. The topological polar surface area (TPSA) is 107 Å². The molecule has 3 aromatic rings. The van der Waals surface area contributed by atoms with E-state index in [0.717, 1.165) is 78.9 Å². The lowest BCUT2D eigenvalue weighted by molar-refractivity contribution is -0.129. The maximum atomic E-state index is 13.6. The molecule has 196 valence electrons. The molecule has 10 nitrogen and oxygen atoms in total. The van der Waals surface area contributed by atoms with Crippen LogP contribution in [0.5, 0.6) is 5.75 Å². The van der Waals surface area contributed by atoms with E-state index in [1.165, 1.54) is 0 Å². The SMILES string of the molecule is COc1ccc(N2CCN(C3NC(=O)C(c4nc5ccccc5s4)C(N[C@@H]4CCCNC4)N3)CC2)nc1. The summed E-state index contributed by atoms with van der Waals surface area (Å²) in [6.07, 6.45) is 3.54. The second-order valence-electron chi connectivity index (χ2n) is 9.84. The van der Waals surface area contributed by atoms with Crippen LogP contribution in [0.3, 0.4) is 0 Å². The minimum absolute atomic E-state index is 0.0170. The van der Waals surface area contributed by atoms with Crippen LogP contribution in [0.15, 0.2) is 42.6 Å². The van der Waals surface area contributed by atoms with Crippen LogP contribution in [-0.4, -0.2) is 85.7 Å². The molecular weight excluding hydrogens is 488 g/mol. The van der Waals surface area contributed by atoms with E-state index in [0.29, 0.717) is 6.04 Å². The predicted molar refractivity (Wildman–Crippen MR) is 145 cm³/mol. The highest BCUT2D eigenvalue weighted by Gasteiger charge is 2.42. The highest BCUT2D eigenvalue weighted by Crippen LogP contribution is 2.31. The van der Waals surface area contributed by atoms with Crippen molar-refractivity contribution < 1.29 is 9.53 Å². The fourth-order valence-electron chi connectivity index (χ4n) is 5.44. The lowest BCUT2D eigenvalue weighted by Crippen LogP contribution is -2.72. The van der Waals surface area contributed by atoms with E-state index in [9.17, 15) is 4.79 Å². The molecule has 5 heterocycles. The molecule has 37 heavy (non-hydrogen) atoms. The molecule has 3 unspecified atom stereocenters. The van der Waals surface area contributed by atoms with Crippen molar-refractivity contribution >= 4 is 33.3 Å². The van der Waals surface area contributed by atoms with Gasteiger partial charge in [-0.1, -0.05) is 12.1 Å². The van der Waals surface area contributed by atoms with E-state index < -0.39 is 0 Å². The van der Waals surface area contributed by atoms with Crippen LogP contribution in [0.1, 0.15) is 23.8 Å². The first-order chi connectivity index (χ1) is 18.2. The Kier molecular flexibility index (Phi) is 7.21. The number of piperidine rings is 1. The van der Waals surface area contributed by atoms with Crippen molar-refractivity contribution in [2.45, 2.75) is 37.3 Å². The van der Waals surface area contributed by atoms with E-state index in [2.05, 4.69) is 42.1 Å². The van der Waals surface area contributed by atoms with Gasteiger partial charge in [0.05, 0.1) is 29.7 Å². The fourth-order valence-corrected chi connectivity index (χ4v) is 6.54. The Bertz CT molecular complexity index is 1170. The van der Waals surface area contributed by atoms with Crippen molar-refractivity contribution in [2.24, 2.45) is 0 Å². The summed E-state index contributed by atoms with van der Waals surface area (Å²) in [5.41, 5.74) is 0.943. The van der Waals surface area contributed by atoms with Crippen LogP contribution >= 0.6 is 11.3 Å². The molecule has 1 amide bonds. The predicted octanol–water partition coefficient (Wildman–Crippen LogP) is 1.28. The molecule has 3 aliphatic heterocycles. The Morgan fingerprint density at radius 3 is 2.73 bits per heavy atom. The van der Waals surface area contributed by atoms with E-state index in [1.807, 2.05) is 30.3 Å². The molecule has 11 heteroatoms. The van der Waals surface area contributed by atoms with E-state index in [-0.39, 0.29) is 24.3 Å². The summed E-state index contributed by atoms with van der Waals surface area (Å²) in [6.45, 7) is 5.25. The van der Waals surface area contributed by atoms with Crippen LogP contribution in [-0.2, 0) is 4.79 Å². The van der Waals surface area contributed by atoms with E-state index >= 15 is 0 Å². The third kappa shape index (κ3) is 5.27. The molecule has 4 atom stereocenters.